The number of aryl methyl sites for hydroxylation is 1. The van der Waals surface area contributed by atoms with Gasteiger partial charge >= 0.3 is 6.03 Å². The summed E-state index contributed by atoms with van der Waals surface area (Å²) in [4.78, 5) is 16.3. The Morgan fingerprint density at radius 1 is 1.24 bits per heavy atom. The summed E-state index contributed by atoms with van der Waals surface area (Å²) in [6.45, 7) is 5.26. The second kappa shape index (κ2) is 5.87. The Morgan fingerprint density at radius 3 is 2.67 bits per heavy atom. The third-order valence-corrected chi connectivity index (χ3v) is 3.77. The first kappa shape index (κ1) is 13.5. The van der Waals surface area contributed by atoms with Crippen molar-refractivity contribution in [3.8, 4) is 0 Å². The Balaban J connectivity index is 1.58. The largest absolute Gasteiger partial charge is 0.368 e. The first-order valence-corrected chi connectivity index (χ1v) is 7.09. The first-order valence-electron chi connectivity index (χ1n) is 7.09. The van der Waals surface area contributed by atoms with Crippen LogP contribution < -0.4 is 10.2 Å². The van der Waals surface area contributed by atoms with E-state index in [1.807, 2.05) is 11.0 Å². The van der Waals surface area contributed by atoms with E-state index in [4.69, 9.17) is 0 Å². The highest BCUT2D eigenvalue weighted by atomic mass is 16.2. The lowest BCUT2D eigenvalue weighted by molar-refractivity contribution is 0.208. The van der Waals surface area contributed by atoms with Crippen molar-refractivity contribution in [2.75, 3.05) is 36.4 Å². The molecule has 0 bridgehead atoms. The molecule has 0 radical (unpaired) electrons. The van der Waals surface area contributed by atoms with Crippen LogP contribution in [-0.4, -0.2) is 47.3 Å². The standard InChI is InChI=1S/C15H19N5O/c1-12-4-2-3-5-14(12)19-6-8-20(9-7-19)15(21)18-13-10-16-17-11-13/h2-5,10-11H,6-9H2,1H3,(H,16,17)(H,18,21). The van der Waals surface area contributed by atoms with E-state index in [0.29, 0.717) is 5.69 Å². The maximum Gasteiger partial charge on any atom is 0.322 e. The van der Waals surface area contributed by atoms with Crippen LogP contribution in [0.1, 0.15) is 5.56 Å². The fourth-order valence-electron chi connectivity index (χ4n) is 2.59. The minimum Gasteiger partial charge on any atom is -0.368 e. The molecule has 2 N–H and O–H groups in total. The summed E-state index contributed by atoms with van der Waals surface area (Å²) in [6.07, 6.45) is 3.27. The number of carbonyl (C=O) groups is 1. The third kappa shape index (κ3) is 2.99. The van der Waals surface area contributed by atoms with Crippen molar-refractivity contribution in [3.05, 3.63) is 42.2 Å². The molecule has 2 aromatic rings. The third-order valence-electron chi connectivity index (χ3n) is 3.77. The number of aromatic amines is 1. The van der Waals surface area contributed by atoms with Gasteiger partial charge in [0.15, 0.2) is 0 Å². The van der Waals surface area contributed by atoms with Crippen LogP contribution >= 0.6 is 0 Å². The average molecular weight is 285 g/mol. The van der Waals surface area contributed by atoms with Gasteiger partial charge in [-0.15, -0.1) is 0 Å². The molecule has 0 aliphatic carbocycles. The Morgan fingerprint density at radius 2 is 2.00 bits per heavy atom. The van der Waals surface area contributed by atoms with Gasteiger partial charge in [-0.05, 0) is 18.6 Å². The summed E-state index contributed by atoms with van der Waals surface area (Å²) in [5.41, 5.74) is 3.22. The zero-order valence-electron chi connectivity index (χ0n) is 12.0. The summed E-state index contributed by atoms with van der Waals surface area (Å²) >= 11 is 0. The van der Waals surface area contributed by atoms with Crippen molar-refractivity contribution in [3.63, 3.8) is 0 Å². The van der Waals surface area contributed by atoms with E-state index in [-0.39, 0.29) is 6.03 Å². The molecule has 1 aliphatic rings. The van der Waals surface area contributed by atoms with E-state index in [0.717, 1.165) is 26.2 Å². The minimum atomic E-state index is -0.0687. The molecule has 6 nitrogen and oxygen atoms in total. The molecular weight excluding hydrogens is 266 g/mol. The minimum absolute atomic E-state index is 0.0687. The van der Waals surface area contributed by atoms with Crippen LogP contribution in [0.15, 0.2) is 36.7 Å². The van der Waals surface area contributed by atoms with Gasteiger partial charge in [0, 0.05) is 38.1 Å². The predicted molar refractivity (Wildman–Crippen MR) is 82.6 cm³/mol. The molecular formula is C15H19N5O. The smallest absolute Gasteiger partial charge is 0.322 e. The van der Waals surface area contributed by atoms with Gasteiger partial charge in [-0.25, -0.2) is 4.79 Å². The Hall–Kier alpha value is -2.50. The summed E-state index contributed by atoms with van der Waals surface area (Å²) in [7, 11) is 0. The highest BCUT2D eigenvalue weighted by molar-refractivity contribution is 5.89. The van der Waals surface area contributed by atoms with Crippen molar-refractivity contribution < 1.29 is 4.79 Å². The lowest BCUT2D eigenvalue weighted by atomic mass is 10.1. The number of anilines is 2. The van der Waals surface area contributed by atoms with Gasteiger partial charge < -0.3 is 15.1 Å². The molecule has 0 saturated carbocycles. The number of amides is 2. The number of aromatic nitrogens is 2. The predicted octanol–water partition coefficient (Wildman–Crippen LogP) is 2.07. The second-order valence-electron chi connectivity index (χ2n) is 5.18. The van der Waals surface area contributed by atoms with Gasteiger partial charge in [0.05, 0.1) is 11.9 Å². The summed E-state index contributed by atoms with van der Waals surface area (Å²) in [6, 6.07) is 8.29. The van der Waals surface area contributed by atoms with Crippen LogP contribution in [0.5, 0.6) is 0 Å². The maximum absolute atomic E-state index is 12.1. The molecule has 1 aliphatic heterocycles. The number of nitrogens with zero attached hydrogens (tertiary/aromatic N) is 3. The van der Waals surface area contributed by atoms with E-state index in [9.17, 15) is 4.79 Å². The second-order valence-corrected chi connectivity index (χ2v) is 5.18. The SMILES string of the molecule is Cc1ccccc1N1CCN(C(=O)Nc2cn[nH]c2)CC1. The lowest BCUT2D eigenvalue weighted by Gasteiger charge is -2.36. The monoisotopic (exact) mass is 285 g/mol. The Labute approximate surface area is 123 Å². The first-order chi connectivity index (χ1) is 10.2. The normalized spacial score (nSPS) is 15.1. The highest BCUT2D eigenvalue weighted by Crippen LogP contribution is 2.20. The number of piperazine rings is 1. The van der Waals surface area contributed by atoms with Gasteiger partial charge in [-0.1, -0.05) is 18.2 Å². The lowest BCUT2D eigenvalue weighted by Crippen LogP contribution is -2.50. The van der Waals surface area contributed by atoms with Crippen LogP contribution in [0, 0.1) is 6.92 Å². The molecule has 21 heavy (non-hydrogen) atoms. The number of nitrogens with one attached hydrogen (secondary N) is 2. The molecule has 1 fully saturated rings. The van der Waals surface area contributed by atoms with E-state index < -0.39 is 0 Å². The van der Waals surface area contributed by atoms with Crippen molar-refractivity contribution in [2.45, 2.75) is 6.92 Å². The number of carbonyl (C=O) groups excluding carboxylic acids is 1. The van der Waals surface area contributed by atoms with Crippen molar-refractivity contribution in [1.29, 1.82) is 0 Å². The van der Waals surface area contributed by atoms with Crippen LogP contribution in [0.4, 0.5) is 16.2 Å². The molecule has 3 rings (SSSR count). The molecule has 1 aromatic heterocycles. The highest BCUT2D eigenvalue weighted by Gasteiger charge is 2.22. The quantitative estimate of drug-likeness (QED) is 0.888. The number of H-pyrrole nitrogens is 1. The van der Waals surface area contributed by atoms with E-state index in [1.165, 1.54) is 11.3 Å². The molecule has 0 atom stereocenters. The molecule has 1 saturated heterocycles. The number of hydrogen-bond acceptors (Lipinski definition) is 3. The fraction of sp³-hybridized carbons (Fsp3) is 0.333. The zero-order chi connectivity index (χ0) is 14.7. The van der Waals surface area contributed by atoms with E-state index in [1.54, 1.807) is 12.4 Å². The number of benzene rings is 1. The number of urea groups is 1. The van der Waals surface area contributed by atoms with Crippen molar-refractivity contribution in [2.24, 2.45) is 0 Å². The molecule has 2 heterocycles. The van der Waals surface area contributed by atoms with Crippen LogP contribution in [-0.2, 0) is 0 Å². The van der Waals surface area contributed by atoms with E-state index >= 15 is 0 Å². The maximum atomic E-state index is 12.1. The summed E-state index contributed by atoms with van der Waals surface area (Å²) in [5.74, 6) is 0. The van der Waals surface area contributed by atoms with Crippen molar-refractivity contribution in [1.82, 2.24) is 15.1 Å². The van der Waals surface area contributed by atoms with Gasteiger partial charge in [-0.3, -0.25) is 5.10 Å². The molecule has 0 spiro atoms. The molecule has 110 valence electrons. The van der Waals surface area contributed by atoms with Crippen molar-refractivity contribution >= 4 is 17.4 Å². The summed E-state index contributed by atoms with van der Waals surface area (Å²) in [5, 5.41) is 9.33. The number of rotatable bonds is 2. The topological polar surface area (TPSA) is 64.3 Å². The van der Waals surface area contributed by atoms with E-state index in [2.05, 4.69) is 45.5 Å². The zero-order valence-corrected chi connectivity index (χ0v) is 12.0. The van der Waals surface area contributed by atoms with Crippen LogP contribution in [0.3, 0.4) is 0 Å². The van der Waals surface area contributed by atoms with Gasteiger partial charge in [0.2, 0.25) is 0 Å². The van der Waals surface area contributed by atoms with Gasteiger partial charge in [0.1, 0.15) is 0 Å². The number of para-hydroxylation sites is 1. The molecule has 6 heteroatoms. The summed E-state index contributed by atoms with van der Waals surface area (Å²) < 4.78 is 0. The van der Waals surface area contributed by atoms with Crippen LogP contribution in [0.2, 0.25) is 0 Å². The van der Waals surface area contributed by atoms with Crippen LogP contribution in [0.25, 0.3) is 0 Å². The Bertz CT molecular complexity index is 602. The molecule has 0 unspecified atom stereocenters. The average Bonchev–Trinajstić information content (AvgIpc) is 3.01. The van der Waals surface area contributed by atoms with Gasteiger partial charge in [-0.2, -0.15) is 5.10 Å². The molecule has 2 amide bonds. The Kier molecular flexibility index (Phi) is 3.77. The number of hydrogen-bond donors (Lipinski definition) is 2. The molecule has 1 aromatic carbocycles. The fourth-order valence-corrected chi connectivity index (χ4v) is 2.59. The van der Waals surface area contributed by atoms with Gasteiger partial charge in [0.25, 0.3) is 0 Å².